The highest BCUT2D eigenvalue weighted by molar-refractivity contribution is 7.88. The fourth-order valence-corrected chi connectivity index (χ4v) is 4.72. The molecule has 34 heavy (non-hydrogen) atoms. The topological polar surface area (TPSA) is 119 Å². The number of rotatable bonds is 6. The van der Waals surface area contributed by atoms with Gasteiger partial charge < -0.3 is 10.1 Å². The maximum atomic E-state index is 12.6. The molecule has 0 spiro atoms. The molecule has 0 saturated carbocycles. The number of ether oxygens (including phenoxy) is 1. The van der Waals surface area contributed by atoms with Crippen molar-refractivity contribution in [1.82, 2.24) is 24.3 Å². The van der Waals surface area contributed by atoms with Gasteiger partial charge in [-0.3, -0.25) is 4.79 Å². The lowest BCUT2D eigenvalue weighted by molar-refractivity contribution is -0.120. The fourth-order valence-electron chi connectivity index (χ4n) is 3.85. The van der Waals surface area contributed by atoms with E-state index in [0.29, 0.717) is 49.1 Å². The number of nitrogens with one attached hydrogen (secondary N) is 1. The van der Waals surface area contributed by atoms with Crippen LogP contribution in [0.15, 0.2) is 36.4 Å². The number of benzene rings is 1. The number of hydrogen-bond acceptors (Lipinski definition) is 7. The third-order valence-corrected chi connectivity index (χ3v) is 7.44. The summed E-state index contributed by atoms with van der Waals surface area (Å²) in [6, 6.07) is 10.5. The van der Waals surface area contributed by atoms with Crippen molar-refractivity contribution in [2.75, 3.05) is 24.7 Å². The van der Waals surface area contributed by atoms with E-state index in [1.807, 2.05) is 20.8 Å². The molecule has 1 aliphatic rings. The molecule has 2 aromatic heterocycles. The normalized spacial score (nSPS) is 15.3. The van der Waals surface area contributed by atoms with Gasteiger partial charge in [0, 0.05) is 36.5 Å². The van der Waals surface area contributed by atoms with Gasteiger partial charge in [-0.1, -0.05) is 0 Å². The molecule has 0 bridgehead atoms. The van der Waals surface area contributed by atoms with E-state index in [4.69, 9.17) is 4.74 Å². The van der Waals surface area contributed by atoms with Crippen molar-refractivity contribution in [2.24, 2.45) is 5.92 Å². The van der Waals surface area contributed by atoms with E-state index in [0.717, 1.165) is 17.0 Å². The first kappa shape index (κ1) is 23.8. The molecule has 1 aliphatic heterocycles. The van der Waals surface area contributed by atoms with Gasteiger partial charge >= 0.3 is 0 Å². The van der Waals surface area contributed by atoms with E-state index < -0.39 is 10.0 Å². The number of hydrogen-bond donors (Lipinski definition) is 1. The van der Waals surface area contributed by atoms with Crippen LogP contribution in [0.25, 0.3) is 5.82 Å². The summed E-state index contributed by atoms with van der Waals surface area (Å²) in [6.07, 6.45) is 2.21. The minimum Gasteiger partial charge on any atom is -0.438 e. The molecule has 0 atom stereocenters. The molecule has 1 aromatic carbocycles. The number of nitrogens with zero attached hydrogens (tertiary/aromatic N) is 5. The van der Waals surface area contributed by atoms with Crippen molar-refractivity contribution < 1.29 is 17.9 Å². The summed E-state index contributed by atoms with van der Waals surface area (Å²) in [5.41, 5.74) is 3.73. The highest BCUT2D eigenvalue weighted by Gasteiger charge is 2.28. The second-order valence-electron chi connectivity index (χ2n) is 8.49. The highest BCUT2D eigenvalue weighted by Crippen LogP contribution is 2.24. The van der Waals surface area contributed by atoms with E-state index in [1.54, 1.807) is 41.1 Å². The molecule has 3 aromatic rings. The Morgan fingerprint density at radius 2 is 1.71 bits per heavy atom. The number of carbonyl (C=O) groups excluding carboxylic acids is 1. The maximum absolute atomic E-state index is 12.6. The maximum Gasteiger partial charge on any atom is 0.238 e. The Morgan fingerprint density at radius 1 is 1.03 bits per heavy atom. The molecule has 10 nitrogen and oxygen atoms in total. The van der Waals surface area contributed by atoms with Gasteiger partial charge in [0.05, 0.1) is 11.9 Å². The SMILES string of the molecule is Cc1nn(-c2ccc(Oc3ccc(NC(=O)C4CCN(S(C)(=O)=O)CC4)cc3)nn2)c(C)c1C. The van der Waals surface area contributed by atoms with Crippen LogP contribution in [-0.4, -0.2) is 58.0 Å². The Morgan fingerprint density at radius 3 is 2.24 bits per heavy atom. The first-order valence-corrected chi connectivity index (χ1v) is 12.9. The molecule has 0 radical (unpaired) electrons. The Bertz CT molecular complexity index is 1280. The summed E-state index contributed by atoms with van der Waals surface area (Å²) in [5.74, 6) is 1.19. The van der Waals surface area contributed by atoms with Crippen molar-refractivity contribution in [3.63, 3.8) is 0 Å². The third-order valence-electron chi connectivity index (χ3n) is 6.13. The van der Waals surface area contributed by atoms with Crippen LogP contribution in [0.2, 0.25) is 0 Å². The minimum absolute atomic E-state index is 0.109. The van der Waals surface area contributed by atoms with Crippen LogP contribution in [0.3, 0.4) is 0 Å². The number of anilines is 1. The van der Waals surface area contributed by atoms with E-state index >= 15 is 0 Å². The average Bonchev–Trinajstić information content (AvgIpc) is 3.07. The fraction of sp³-hybridized carbons (Fsp3) is 0.391. The monoisotopic (exact) mass is 484 g/mol. The lowest BCUT2D eigenvalue weighted by Crippen LogP contribution is -2.40. The standard InChI is InChI=1S/C23H28N6O4S/c1-15-16(2)27-29(17(15)3)21-9-10-22(26-25-21)33-20-7-5-19(6-8-20)24-23(30)18-11-13-28(14-12-18)34(4,31)32/h5-10,18H,11-14H2,1-4H3,(H,24,30). The van der Waals surface area contributed by atoms with Crippen LogP contribution in [0.4, 0.5) is 5.69 Å². The Kier molecular flexibility index (Phi) is 6.67. The molecular weight excluding hydrogens is 456 g/mol. The highest BCUT2D eigenvalue weighted by atomic mass is 32.2. The number of aryl methyl sites for hydroxylation is 1. The summed E-state index contributed by atoms with van der Waals surface area (Å²) in [7, 11) is -3.21. The Labute approximate surface area is 199 Å². The molecule has 180 valence electrons. The van der Waals surface area contributed by atoms with Gasteiger partial charge in [0.15, 0.2) is 5.82 Å². The van der Waals surface area contributed by atoms with Crippen molar-refractivity contribution in [2.45, 2.75) is 33.6 Å². The van der Waals surface area contributed by atoms with Gasteiger partial charge in [-0.05, 0) is 69.5 Å². The van der Waals surface area contributed by atoms with Crippen molar-refractivity contribution in [1.29, 1.82) is 0 Å². The van der Waals surface area contributed by atoms with Crippen LogP contribution >= 0.6 is 0 Å². The zero-order valence-corrected chi connectivity index (χ0v) is 20.5. The zero-order valence-electron chi connectivity index (χ0n) is 19.6. The molecule has 1 saturated heterocycles. The van der Waals surface area contributed by atoms with Gasteiger partial charge in [0.2, 0.25) is 21.8 Å². The predicted molar refractivity (Wildman–Crippen MR) is 128 cm³/mol. The first-order chi connectivity index (χ1) is 16.1. The largest absolute Gasteiger partial charge is 0.438 e. The number of amides is 1. The third kappa shape index (κ3) is 5.26. The summed E-state index contributed by atoms with van der Waals surface area (Å²) in [6.45, 7) is 6.69. The van der Waals surface area contributed by atoms with E-state index in [9.17, 15) is 13.2 Å². The van der Waals surface area contributed by atoms with Gasteiger partial charge in [-0.25, -0.2) is 17.4 Å². The molecule has 3 heterocycles. The number of sulfonamides is 1. The lowest BCUT2D eigenvalue weighted by atomic mass is 9.97. The van der Waals surface area contributed by atoms with Gasteiger partial charge in [-0.15, -0.1) is 10.2 Å². The van der Waals surface area contributed by atoms with Crippen LogP contribution in [-0.2, 0) is 14.8 Å². The smallest absolute Gasteiger partial charge is 0.238 e. The second kappa shape index (κ2) is 9.51. The molecule has 1 fully saturated rings. The quantitative estimate of drug-likeness (QED) is 0.571. The minimum atomic E-state index is -3.21. The van der Waals surface area contributed by atoms with Crippen molar-refractivity contribution >= 4 is 21.6 Å². The van der Waals surface area contributed by atoms with Gasteiger partial charge in [0.1, 0.15) is 5.75 Å². The molecule has 0 aliphatic carbocycles. The van der Waals surface area contributed by atoms with Crippen LogP contribution in [0.1, 0.15) is 29.8 Å². The number of piperidine rings is 1. The van der Waals surface area contributed by atoms with Gasteiger partial charge in [0.25, 0.3) is 0 Å². The molecule has 1 amide bonds. The molecule has 0 unspecified atom stereocenters. The second-order valence-corrected chi connectivity index (χ2v) is 10.5. The van der Waals surface area contributed by atoms with Crippen LogP contribution in [0.5, 0.6) is 11.6 Å². The molecule has 11 heteroatoms. The van der Waals surface area contributed by atoms with Crippen molar-refractivity contribution in [3.05, 3.63) is 53.3 Å². The van der Waals surface area contributed by atoms with E-state index in [-0.39, 0.29) is 11.8 Å². The first-order valence-electron chi connectivity index (χ1n) is 11.0. The summed E-state index contributed by atoms with van der Waals surface area (Å²) >= 11 is 0. The number of aromatic nitrogens is 4. The molecule has 1 N–H and O–H groups in total. The molecule has 4 rings (SSSR count). The van der Waals surface area contributed by atoms with Crippen LogP contribution < -0.4 is 10.1 Å². The van der Waals surface area contributed by atoms with Crippen molar-refractivity contribution in [3.8, 4) is 17.4 Å². The lowest BCUT2D eigenvalue weighted by Gasteiger charge is -2.29. The summed E-state index contributed by atoms with van der Waals surface area (Å²) < 4.78 is 32.2. The zero-order chi connectivity index (χ0) is 24.5. The number of carbonyl (C=O) groups is 1. The predicted octanol–water partition coefficient (Wildman–Crippen LogP) is 2.99. The van der Waals surface area contributed by atoms with Crippen LogP contribution in [0, 0.1) is 26.7 Å². The summed E-state index contributed by atoms with van der Waals surface area (Å²) in [5, 5.41) is 15.7. The Hall–Kier alpha value is -3.31. The molecular formula is C23H28N6O4S. The van der Waals surface area contributed by atoms with E-state index in [2.05, 4.69) is 20.6 Å². The average molecular weight is 485 g/mol. The van der Waals surface area contributed by atoms with E-state index in [1.165, 1.54) is 10.6 Å². The Balaban J connectivity index is 1.33. The van der Waals surface area contributed by atoms with Gasteiger partial charge in [-0.2, -0.15) is 5.10 Å². The summed E-state index contributed by atoms with van der Waals surface area (Å²) in [4.78, 5) is 12.6.